The van der Waals surface area contributed by atoms with E-state index in [2.05, 4.69) is 25.7 Å². The summed E-state index contributed by atoms with van der Waals surface area (Å²) in [6.07, 6.45) is 3.27. The molecular formula is C43H46F3N9O5. The highest BCUT2D eigenvalue weighted by Crippen LogP contribution is 2.37. The molecule has 17 heteroatoms. The van der Waals surface area contributed by atoms with Gasteiger partial charge in [0.15, 0.2) is 0 Å². The van der Waals surface area contributed by atoms with E-state index < -0.39 is 47.4 Å². The van der Waals surface area contributed by atoms with E-state index in [0.29, 0.717) is 85.0 Å². The van der Waals surface area contributed by atoms with Crippen LogP contribution in [0.4, 0.5) is 24.5 Å². The van der Waals surface area contributed by atoms with Crippen molar-refractivity contribution in [3.8, 4) is 17.1 Å². The van der Waals surface area contributed by atoms with Crippen molar-refractivity contribution in [3.05, 3.63) is 88.2 Å². The zero-order valence-electron chi connectivity index (χ0n) is 33.3. The Bertz CT molecular complexity index is 2380. The van der Waals surface area contributed by atoms with E-state index >= 15 is 13.2 Å². The number of piperidine rings is 2. The summed E-state index contributed by atoms with van der Waals surface area (Å²) in [5.41, 5.74) is 9.10. The number of amides is 4. The minimum atomic E-state index is -1.14. The molecule has 0 spiro atoms. The van der Waals surface area contributed by atoms with Gasteiger partial charge in [0, 0.05) is 55.0 Å². The Hall–Kier alpha value is -6.10. The zero-order valence-corrected chi connectivity index (χ0v) is 33.3. The Morgan fingerprint density at radius 3 is 2.57 bits per heavy atom. The standard InChI is InChI=1S/C43H46F3N9O5/c1-23-13-27-18-35(49-23)31-20-48-53(2)42(31)60-12-4-5-24(21-55-36-19-26(39(47)57)7-9-34(36)50-43(55)52-40(27)58)14-29(54-11-3-6-28(44)22-54)15-25-16-32(45)38(33(46)17-25)30-8-10-37(56)51-41(30)59/h7,9,13,16-20,24,28-30H,3-6,8,10-12,14-15,21-22H2,1-2H3,(H2,47,57)(H,50,52,58)(H,51,56,59)/t24-,28-,29?,30+/m0/s1. The molecule has 4 atom stereocenters. The number of hydrogen-bond donors (Lipinski definition) is 3. The summed E-state index contributed by atoms with van der Waals surface area (Å²) in [6.45, 7) is 3.08. The van der Waals surface area contributed by atoms with Crippen molar-refractivity contribution in [1.29, 1.82) is 0 Å². The first kappa shape index (κ1) is 40.7. The lowest BCUT2D eigenvalue weighted by molar-refractivity contribution is -0.134. The first-order valence-electron chi connectivity index (χ1n) is 20.3. The number of guanidine groups is 1. The number of fused-ring (bicyclic) bond motifs is 7. The number of aromatic nitrogens is 3. The molecule has 4 aliphatic rings. The summed E-state index contributed by atoms with van der Waals surface area (Å²) in [6, 6.07) is 10.3. The minimum absolute atomic E-state index is 0.00551. The number of alkyl halides is 1. The second kappa shape index (κ2) is 16.9. The Labute approximate surface area is 344 Å². The molecule has 0 radical (unpaired) electrons. The first-order chi connectivity index (χ1) is 28.8. The second-order valence-electron chi connectivity index (χ2n) is 16.1. The maximum atomic E-state index is 15.8. The normalized spacial score (nSPS) is 22.5. The van der Waals surface area contributed by atoms with Crippen molar-refractivity contribution in [2.45, 2.75) is 76.4 Å². The number of aliphatic imine (C=N–C) groups is 1. The van der Waals surface area contributed by atoms with E-state index in [9.17, 15) is 19.2 Å². The number of likely N-dealkylation sites (tertiary alicyclic amines) is 1. The fourth-order valence-electron chi connectivity index (χ4n) is 8.90. The molecule has 2 aromatic carbocycles. The van der Waals surface area contributed by atoms with Gasteiger partial charge >= 0.3 is 0 Å². The summed E-state index contributed by atoms with van der Waals surface area (Å²) in [5, 5.41) is 9.83. The Balaban J connectivity index is 1.16. The first-order valence-corrected chi connectivity index (χ1v) is 20.3. The van der Waals surface area contributed by atoms with Crippen LogP contribution in [0.5, 0.6) is 5.88 Å². The lowest BCUT2D eigenvalue weighted by Gasteiger charge is -2.38. The molecule has 4 amide bonds. The molecular weight excluding hydrogens is 780 g/mol. The van der Waals surface area contributed by atoms with Crippen LogP contribution in [0.1, 0.15) is 88.4 Å². The molecule has 14 nitrogen and oxygen atoms in total. The van der Waals surface area contributed by atoms with Gasteiger partial charge in [-0.05, 0) is 112 Å². The number of carbonyl (C=O) groups excluding carboxylic acids is 4. The third kappa shape index (κ3) is 8.48. The monoisotopic (exact) mass is 825 g/mol. The SMILES string of the molecule is Cc1cc2cc(n1)-c1cnn(C)c1OCCC[C@@H](CC(Cc1cc(F)c([C@H]3CCC(=O)NC3=O)c(F)c1)N1CCC[C@H](F)C1)CN1/C(=N/C2=O)Nc2ccc(C(N)=O)cc21. The number of rotatable bonds is 7. The van der Waals surface area contributed by atoms with Gasteiger partial charge in [0.2, 0.25) is 29.6 Å². The summed E-state index contributed by atoms with van der Waals surface area (Å²) in [4.78, 5) is 63.8. The molecule has 4 N–H and O–H groups in total. The number of nitrogens with zero attached hydrogens (tertiary/aromatic N) is 6. The van der Waals surface area contributed by atoms with E-state index in [1.165, 1.54) is 12.1 Å². The predicted molar refractivity (Wildman–Crippen MR) is 216 cm³/mol. The summed E-state index contributed by atoms with van der Waals surface area (Å²) in [7, 11) is 1.76. The molecule has 2 saturated heterocycles. The summed E-state index contributed by atoms with van der Waals surface area (Å²) in [5.74, 6) is -4.80. The summed E-state index contributed by atoms with van der Waals surface area (Å²) < 4.78 is 54.8. The number of anilines is 2. The van der Waals surface area contributed by atoms with Crippen molar-refractivity contribution < 1.29 is 37.1 Å². The van der Waals surface area contributed by atoms with Crippen LogP contribution in [0.15, 0.2) is 53.7 Å². The van der Waals surface area contributed by atoms with Crippen molar-refractivity contribution in [2.75, 3.05) is 36.5 Å². The van der Waals surface area contributed by atoms with Gasteiger partial charge in [0.25, 0.3) is 5.91 Å². The van der Waals surface area contributed by atoms with Crippen LogP contribution in [0, 0.1) is 24.5 Å². The Morgan fingerprint density at radius 1 is 1.02 bits per heavy atom. The number of imide groups is 1. The molecule has 2 bridgehead atoms. The van der Waals surface area contributed by atoms with Crippen LogP contribution in [-0.4, -0.2) is 87.7 Å². The quantitative estimate of drug-likeness (QED) is 0.206. The van der Waals surface area contributed by atoms with E-state index in [0.717, 1.165) is 0 Å². The molecule has 8 rings (SSSR count). The molecule has 0 aliphatic carbocycles. The maximum Gasteiger partial charge on any atom is 0.280 e. The summed E-state index contributed by atoms with van der Waals surface area (Å²) >= 11 is 0. The largest absolute Gasteiger partial charge is 0.477 e. The molecule has 1 unspecified atom stereocenters. The number of primary amides is 1. The van der Waals surface area contributed by atoms with Crippen molar-refractivity contribution in [1.82, 2.24) is 25.0 Å². The number of benzene rings is 2. The van der Waals surface area contributed by atoms with Gasteiger partial charge in [-0.1, -0.05) is 0 Å². The molecule has 314 valence electrons. The smallest absolute Gasteiger partial charge is 0.280 e. The van der Waals surface area contributed by atoms with E-state index in [4.69, 9.17) is 10.5 Å². The van der Waals surface area contributed by atoms with Gasteiger partial charge in [0.1, 0.15) is 17.8 Å². The van der Waals surface area contributed by atoms with E-state index in [1.54, 1.807) is 55.2 Å². The van der Waals surface area contributed by atoms with Crippen LogP contribution in [0.2, 0.25) is 0 Å². The van der Waals surface area contributed by atoms with Crippen LogP contribution in [0.25, 0.3) is 11.3 Å². The van der Waals surface area contributed by atoms with Crippen LogP contribution >= 0.6 is 0 Å². The van der Waals surface area contributed by atoms with Gasteiger partial charge in [0.05, 0.1) is 41.4 Å². The predicted octanol–water partition coefficient (Wildman–Crippen LogP) is 5.34. The third-order valence-electron chi connectivity index (χ3n) is 11.8. The number of halogens is 3. The second-order valence-corrected chi connectivity index (χ2v) is 16.1. The highest BCUT2D eigenvalue weighted by Gasteiger charge is 2.36. The Kier molecular flexibility index (Phi) is 11.4. The lowest BCUT2D eigenvalue weighted by Crippen LogP contribution is -2.46. The van der Waals surface area contributed by atoms with E-state index in [1.807, 2.05) is 9.80 Å². The van der Waals surface area contributed by atoms with Crippen molar-refractivity contribution >= 4 is 41.0 Å². The third-order valence-corrected chi connectivity index (χ3v) is 11.8. The van der Waals surface area contributed by atoms with Crippen LogP contribution < -0.4 is 26.0 Å². The average Bonchev–Trinajstić information content (AvgIpc) is 3.74. The number of pyridine rings is 1. The topological polar surface area (TPSA) is 177 Å². The maximum absolute atomic E-state index is 15.8. The highest BCUT2D eigenvalue weighted by molar-refractivity contribution is 6.19. The molecule has 2 fully saturated rings. The minimum Gasteiger partial charge on any atom is -0.477 e. The molecule has 4 aromatic rings. The number of hydrogen-bond acceptors (Lipinski definition) is 10. The average molecular weight is 826 g/mol. The molecule has 2 aromatic heterocycles. The fraction of sp³-hybridized carbons (Fsp3) is 0.419. The fourth-order valence-corrected chi connectivity index (χ4v) is 8.90. The number of carbonyl (C=O) groups is 4. The lowest BCUT2D eigenvalue weighted by atomic mass is 9.86. The molecule has 60 heavy (non-hydrogen) atoms. The van der Waals surface area contributed by atoms with Crippen LogP contribution in [-0.2, 0) is 23.1 Å². The molecule has 6 heterocycles. The number of nitrogens with two attached hydrogens (primary N) is 1. The Morgan fingerprint density at radius 2 is 1.82 bits per heavy atom. The highest BCUT2D eigenvalue weighted by atomic mass is 19.1. The van der Waals surface area contributed by atoms with Crippen molar-refractivity contribution in [3.63, 3.8) is 0 Å². The van der Waals surface area contributed by atoms with Gasteiger partial charge in [-0.3, -0.25) is 34.4 Å². The van der Waals surface area contributed by atoms with Gasteiger partial charge in [-0.2, -0.15) is 10.1 Å². The van der Waals surface area contributed by atoms with E-state index in [-0.39, 0.29) is 67.0 Å². The van der Waals surface area contributed by atoms with Gasteiger partial charge in [-0.25, -0.2) is 17.9 Å². The number of aryl methyl sites for hydroxylation is 2. The number of nitrogens with one attached hydrogen (secondary N) is 2. The van der Waals surface area contributed by atoms with Crippen molar-refractivity contribution in [2.24, 2.45) is 23.7 Å². The zero-order chi connectivity index (χ0) is 42.2. The molecule has 4 aliphatic heterocycles. The molecule has 0 saturated carbocycles. The number of ether oxygens (including phenoxy) is 1. The van der Waals surface area contributed by atoms with Crippen LogP contribution in [0.3, 0.4) is 0 Å². The van der Waals surface area contributed by atoms with Gasteiger partial charge in [-0.15, -0.1) is 0 Å². The van der Waals surface area contributed by atoms with Gasteiger partial charge < -0.3 is 20.7 Å².